The first-order chi connectivity index (χ1) is 13.6. The molecule has 1 aromatic heterocycles. The summed E-state index contributed by atoms with van der Waals surface area (Å²) in [4.78, 5) is 15.9. The minimum absolute atomic E-state index is 0.126. The molecule has 0 bridgehead atoms. The zero-order valence-corrected chi connectivity index (χ0v) is 17.9. The number of aryl methyl sites for hydroxylation is 2. The lowest BCUT2D eigenvalue weighted by Crippen LogP contribution is -2.10. The van der Waals surface area contributed by atoms with Crippen molar-refractivity contribution in [1.82, 2.24) is 4.57 Å². The second kappa shape index (κ2) is 7.70. The number of nitrogens with zero attached hydrogens (tertiary/aromatic N) is 2. The van der Waals surface area contributed by atoms with Crippen molar-refractivity contribution in [3.63, 3.8) is 0 Å². The molecule has 0 atom stereocenters. The van der Waals surface area contributed by atoms with Gasteiger partial charge in [0.15, 0.2) is 0 Å². The number of carboxylic acid groups (broad SMARTS) is 1. The average Bonchev–Trinajstić information content (AvgIpc) is 2.93. The summed E-state index contributed by atoms with van der Waals surface area (Å²) in [6, 6.07) is 15.7. The third kappa shape index (κ3) is 4.32. The zero-order valence-electron chi connectivity index (χ0n) is 17.9. The molecule has 29 heavy (non-hydrogen) atoms. The Hall–Kier alpha value is -3.14. The molecular formula is C25H28N2O2. The number of rotatable bonds is 4. The number of benzene rings is 2. The fraction of sp³-hybridized carbons (Fsp3) is 0.280. The number of hydrogen-bond donors (Lipinski definition) is 1. The van der Waals surface area contributed by atoms with Gasteiger partial charge in [0.1, 0.15) is 0 Å². The molecule has 0 fully saturated rings. The van der Waals surface area contributed by atoms with Gasteiger partial charge in [0.25, 0.3) is 0 Å². The highest BCUT2D eigenvalue weighted by Gasteiger charge is 2.14. The van der Waals surface area contributed by atoms with Crippen LogP contribution in [0, 0.1) is 20.8 Å². The van der Waals surface area contributed by atoms with E-state index >= 15 is 0 Å². The SMILES string of the molecule is Cc1cc(C(=O)O)ccc1-n1c(C)cc(C=Nc2ccc(C(C)(C)C)cc2)c1C. The number of carbonyl (C=O) groups is 1. The van der Waals surface area contributed by atoms with E-state index in [0.29, 0.717) is 5.56 Å². The van der Waals surface area contributed by atoms with Crippen LogP contribution in [0.3, 0.4) is 0 Å². The fourth-order valence-corrected chi connectivity index (χ4v) is 3.52. The Morgan fingerprint density at radius 1 is 1.00 bits per heavy atom. The Bertz CT molecular complexity index is 1080. The summed E-state index contributed by atoms with van der Waals surface area (Å²) in [6.07, 6.45) is 1.89. The van der Waals surface area contributed by atoms with E-state index in [2.05, 4.69) is 55.5 Å². The van der Waals surface area contributed by atoms with Crippen molar-refractivity contribution in [2.75, 3.05) is 0 Å². The molecule has 4 nitrogen and oxygen atoms in total. The van der Waals surface area contributed by atoms with Gasteiger partial charge in [0, 0.05) is 28.9 Å². The molecule has 0 saturated heterocycles. The maximum absolute atomic E-state index is 11.2. The minimum atomic E-state index is -0.911. The molecule has 3 rings (SSSR count). The van der Waals surface area contributed by atoms with Crippen LogP contribution in [-0.2, 0) is 5.41 Å². The predicted octanol–water partition coefficient (Wildman–Crippen LogP) is 6.15. The Morgan fingerprint density at radius 3 is 2.21 bits per heavy atom. The van der Waals surface area contributed by atoms with Crippen molar-refractivity contribution in [2.24, 2.45) is 4.99 Å². The van der Waals surface area contributed by atoms with E-state index in [1.807, 2.05) is 38.3 Å². The maximum atomic E-state index is 11.2. The normalized spacial score (nSPS) is 11.9. The third-order valence-corrected chi connectivity index (χ3v) is 5.24. The van der Waals surface area contributed by atoms with Gasteiger partial charge in [-0.1, -0.05) is 32.9 Å². The molecule has 0 radical (unpaired) electrons. The molecule has 2 aromatic carbocycles. The summed E-state index contributed by atoms with van der Waals surface area (Å²) in [5.41, 5.74) is 7.74. The van der Waals surface area contributed by atoms with Crippen molar-refractivity contribution in [1.29, 1.82) is 0 Å². The average molecular weight is 389 g/mol. The molecule has 0 spiro atoms. The van der Waals surface area contributed by atoms with E-state index in [0.717, 1.165) is 33.9 Å². The molecule has 0 aliphatic heterocycles. The van der Waals surface area contributed by atoms with Crippen molar-refractivity contribution < 1.29 is 9.90 Å². The van der Waals surface area contributed by atoms with Gasteiger partial charge in [-0.2, -0.15) is 0 Å². The highest BCUT2D eigenvalue weighted by molar-refractivity contribution is 5.88. The van der Waals surface area contributed by atoms with Crippen LogP contribution in [0.2, 0.25) is 0 Å². The van der Waals surface area contributed by atoms with Gasteiger partial charge in [-0.25, -0.2) is 4.79 Å². The first-order valence-corrected chi connectivity index (χ1v) is 9.76. The number of carboxylic acids is 1. The summed E-state index contributed by atoms with van der Waals surface area (Å²) in [7, 11) is 0. The standard InChI is InChI=1S/C25H28N2O2/c1-16-13-19(24(28)29)7-12-23(16)27-17(2)14-20(18(27)3)15-26-22-10-8-21(9-11-22)25(4,5)6/h7-15H,1-6H3,(H,28,29). The van der Waals surface area contributed by atoms with Gasteiger partial charge >= 0.3 is 5.97 Å². The summed E-state index contributed by atoms with van der Waals surface area (Å²) in [5.74, 6) is -0.911. The molecule has 1 heterocycles. The Kier molecular flexibility index (Phi) is 5.47. The third-order valence-electron chi connectivity index (χ3n) is 5.24. The zero-order chi connectivity index (χ0) is 21.3. The fourth-order valence-electron chi connectivity index (χ4n) is 3.52. The lowest BCUT2D eigenvalue weighted by Gasteiger charge is -2.18. The molecule has 3 aromatic rings. The van der Waals surface area contributed by atoms with E-state index < -0.39 is 5.97 Å². The van der Waals surface area contributed by atoms with E-state index in [9.17, 15) is 9.90 Å². The highest BCUT2D eigenvalue weighted by Crippen LogP contribution is 2.26. The van der Waals surface area contributed by atoms with Crippen LogP contribution < -0.4 is 0 Å². The number of aliphatic imine (C=N–C) groups is 1. The predicted molar refractivity (Wildman–Crippen MR) is 119 cm³/mol. The van der Waals surface area contributed by atoms with Crippen LogP contribution in [0.4, 0.5) is 5.69 Å². The molecule has 0 aliphatic rings. The minimum Gasteiger partial charge on any atom is -0.478 e. The van der Waals surface area contributed by atoms with Crippen LogP contribution in [0.1, 0.15) is 59.2 Å². The number of aromatic nitrogens is 1. The van der Waals surface area contributed by atoms with E-state index in [-0.39, 0.29) is 5.41 Å². The van der Waals surface area contributed by atoms with Crippen LogP contribution in [0.5, 0.6) is 0 Å². The van der Waals surface area contributed by atoms with Gasteiger partial charge in [-0.3, -0.25) is 4.99 Å². The van der Waals surface area contributed by atoms with Gasteiger partial charge in [-0.15, -0.1) is 0 Å². The topological polar surface area (TPSA) is 54.6 Å². The molecule has 4 heteroatoms. The molecule has 0 amide bonds. The highest BCUT2D eigenvalue weighted by atomic mass is 16.4. The summed E-state index contributed by atoms with van der Waals surface area (Å²) in [5, 5.41) is 9.20. The Labute approximate surface area is 172 Å². The Morgan fingerprint density at radius 2 is 1.66 bits per heavy atom. The lowest BCUT2D eigenvalue weighted by molar-refractivity contribution is 0.0697. The first kappa shape index (κ1) is 20.6. The van der Waals surface area contributed by atoms with E-state index in [4.69, 9.17) is 0 Å². The number of hydrogen-bond acceptors (Lipinski definition) is 2. The van der Waals surface area contributed by atoms with Gasteiger partial charge in [0.2, 0.25) is 0 Å². The smallest absolute Gasteiger partial charge is 0.335 e. The maximum Gasteiger partial charge on any atom is 0.335 e. The van der Waals surface area contributed by atoms with Crippen LogP contribution in [0.15, 0.2) is 53.5 Å². The van der Waals surface area contributed by atoms with Crippen LogP contribution >= 0.6 is 0 Å². The van der Waals surface area contributed by atoms with E-state index in [1.54, 1.807) is 12.1 Å². The van der Waals surface area contributed by atoms with Gasteiger partial charge < -0.3 is 9.67 Å². The second-order valence-corrected chi connectivity index (χ2v) is 8.52. The summed E-state index contributed by atoms with van der Waals surface area (Å²) < 4.78 is 2.14. The van der Waals surface area contributed by atoms with Gasteiger partial charge in [-0.05, 0) is 73.7 Å². The monoisotopic (exact) mass is 388 g/mol. The van der Waals surface area contributed by atoms with Gasteiger partial charge in [0.05, 0.1) is 11.3 Å². The van der Waals surface area contributed by atoms with Crippen LogP contribution in [0.25, 0.3) is 5.69 Å². The molecule has 150 valence electrons. The van der Waals surface area contributed by atoms with E-state index in [1.165, 1.54) is 5.56 Å². The summed E-state index contributed by atoms with van der Waals surface area (Å²) in [6.45, 7) is 12.6. The number of aromatic carboxylic acids is 1. The molecule has 0 aliphatic carbocycles. The largest absolute Gasteiger partial charge is 0.478 e. The first-order valence-electron chi connectivity index (χ1n) is 9.76. The molecular weight excluding hydrogens is 360 g/mol. The Balaban J connectivity index is 1.92. The molecule has 0 unspecified atom stereocenters. The quantitative estimate of drug-likeness (QED) is 0.545. The van der Waals surface area contributed by atoms with Crippen molar-refractivity contribution in [3.8, 4) is 5.69 Å². The van der Waals surface area contributed by atoms with Crippen molar-refractivity contribution in [3.05, 3.63) is 82.2 Å². The molecule has 1 N–H and O–H groups in total. The van der Waals surface area contributed by atoms with Crippen molar-refractivity contribution in [2.45, 2.75) is 47.0 Å². The molecule has 0 saturated carbocycles. The van der Waals surface area contributed by atoms with Crippen molar-refractivity contribution >= 4 is 17.9 Å². The summed E-state index contributed by atoms with van der Waals surface area (Å²) >= 11 is 0. The second-order valence-electron chi connectivity index (χ2n) is 8.52. The van der Waals surface area contributed by atoms with Crippen LogP contribution in [-0.4, -0.2) is 21.9 Å². The lowest BCUT2D eigenvalue weighted by atomic mass is 9.87.